The molecule has 1 N–H and O–H groups in total. The molecule has 0 radical (unpaired) electrons. The van der Waals surface area contributed by atoms with Gasteiger partial charge in [0.15, 0.2) is 11.8 Å². The topological polar surface area (TPSA) is 87.9 Å². The van der Waals surface area contributed by atoms with Crippen LogP contribution in [0.3, 0.4) is 0 Å². The number of rotatable bonds is 9. The third kappa shape index (κ3) is 6.09. The number of imidazole rings is 1. The van der Waals surface area contributed by atoms with Gasteiger partial charge in [0.05, 0.1) is 29.4 Å². The van der Waals surface area contributed by atoms with Crippen LogP contribution in [0.2, 0.25) is 30.7 Å². The predicted octanol–water partition coefficient (Wildman–Crippen LogP) is 5.58. The van der Waals surface area contributed by atoms with Crippen molar-refractivity contribution in [3.05, 3.63) is 40.9 Å². The van der Waals surface area contributed by atoms with E-state index in [9.17, 15) is 5.11 Å². The SMILES string of the molecule is C[Si](C)(C)CCOCn1c(OC2COC3C(O)COC23)nc2nc(-c3ccc(C4CCSCC4)cc3)c(Cl)cc21. The molecule has 6 rings (SSSR count). The molecule has 40 heavy (non-hydrogen) atoms. The van der Waals surface area contributed by atoms with Gasteiger partial charge in [-0.1, -0.05) is 55.5 Å². The summed E-state index contributed by atoms with van der Waals surface area (Å²) in [5.74, 6) is 3.08. The molecule has 0 saturated carbocycles. The Kier molecular flexibility index (Phi) is 8.47. The van der Waals surface area contributed by atoms with Crippen LogP contribution in [-0.4, -0.2) is 83.5 Å². The maximum atomic E-state index is 10.2. The van der Waals surface area contributed by atoms with Gasteiger partial charge in [-0.2, -0.15) is 16.7 Å². The first kappa shape index (κ1) is 28.5. The standard InChI is InChI=1S/C29H38ClN3O5SSi/c1-40(2,3)13-10-35-17-33-22-14-21(30)25(20-6-4-18(5-7-20)19-8-11-39-12-9-19)31-28(22)32-29(33)38-24-16-37-26-23(34)15-36-27(24)26/h4-7,14,19,23-24,26-27,34H,8-13,15-17H2,1-3H3. The largest absolute Gasteiger partial charge is 0.456 e. The molecule has 2 aromatic heterocycles. The van der Waals surface area contributed by atoms with Crippen molar-refractivity contribution in [1.29, 1.82) is 0 Å². The van der Waals surface area contributed by atoms with Gasteiger partial charge in [0.1, 0.15) is 25.0 Å². The zero-order valence-corrected chi connectivity index (χ0v) is 25.9. The molecule has 3 aliphatic heterocycles. The molecule has 3 fully saturated rings. The summed E-state index contributed by atoms with van der Waals surface area (Å²) in [5, 5.41) is 10.7. The van der Waals surface area contributed by atoms with Crippen LogP contribution in [0, 0.1) is 0 Å². The van der Waals surface area contributed by atoms with Crippen molar-refractivity contribution in [3.63, 3.8) is 0 Å². The summed E-state index contributed by atoms with van der Waals surface area (Å²) in [6.07, 6.45) is 0.698. The molecule has 5 heterocycles. The van der Waals surface area contributed by atoms with Crippen LogP contribution in [-0.2, 0) is 20.9 Å². The van der Waals surface area contributed by atoms with Gasteiger partial charge in [0, 0.05) is 20.2 Å². The van der Waals surface area contributed by atoms with E-state index in [-0.39, 0.29) is 31.6 Å². The number of ether oxygens (including phenoxy) is 4. The molecule has 4 unspecified atom stereocenters. The van der Waals surface area contributed by atoms with Gasteiger partial charge >= 0.3 is 6.01 Å². The maximum Gasteiger partial charge on any atom is 0.301 e. The first-order chi connectivity index (χ1) is 19.3. The minimum absolute atomic E-state index is 0.241. The molecule has 0 spiro atoms. The van der Waals surface area contributed by atoms with Gasteiger partial charge in [-0.25, -0.2) is 4.98 Å². The summed E-state index contributed by atoms with van der Waals surface area (Å²) >= 11 is 8.88. The first-order valence-corrected chi connectivity index (χ1v) is 19.4. The minimum atomic E-state index is -1.24. The lowest BCUT2D eigenvalue weighted by Crippen LogP contribution is -2.35. The smallest absolute Gasteiger partial charge is 0.301 e. The second-order valence-electron chi connectivity index (χ2n) is 12.2. The number of aliphatic hydroxyl groups is 1. The van der Waals surface area contributed by atoms with Crippen molar-refractivity contribution in [2.45, 2.75) is 75.6 Å². The van der Waals surface area contributed by atoms with E-state index in [2.05, 4.69) is 43.9 Å². The highest BCUT2D eigenvalue weighted by Gasteiger charge is 2.49. The molecule has 0 amide bonds. The summed E-state index contributed by atoms with van der Waals surface area (Å²) in [5.41, 5.74) is 4.33. The third-order valence-corrected chi connectivity index (χ3v) is 11.0. The van der Waals surface area contributed by atoms with E-state index in [0.29, 0.717) is 41.5 Å². The van der Waals surface area contributed by atoms with Crippen molar-refractivity contribution in [2.75, 3.05) is 31.3 Å². The Morgan fingerprint density at radius 1 is 1.07 bits per heavy atom. The van der Waals surface area contributed by atoms with Gasteiger partial charge in [-0.15, -0.1) is 0 Å². The normalized spacial score (nSPS) is 25.5. The number of hydrogen-bond acceptors (Lipinski definition) is 8. The Morgan fingerprint density at radius 3 is 2.58 bits per heavy atom. The molecular weight excluding hydrogens is 566 g/mol. The van der Waals surface area contributed by atoms with Crippen molar-refractivity contribution >= 4 is 42.6 Å². The molecule has 0 aliphatic carbocycles. The van der Waals surface area contributed by atoms with Crippen LogP contribution in [0.5, 0.6) is 6.01 Å². The fourth-order valence-electron chi connectivity index (χ4n) is 5.58. The molecule has 0 bridgehead atoms. The molecule has 8 nitrogen and oxygen atoms in total. The first-order valence-electron chi connectivity index (χ1n) is 14.2. The van der Waals surface area contributed by atoms with Crippen LogP contribution in [0.4, 0.5) is 0 Å². The Bertz CT molecular complexity index is 1330. The van der Waals surface area contributed by atoms with Crippen LogP contribution in [0.15, 0.2) is 30.3 Å². The van der Waals surface area contributed by atoms with Crippen molar-refractivity contribution < 1.29 is 24.1 Å². The van der Waals surface area contributed by atoms with E-state index in [0.717, 1.165) is 17.1 Å². The summed E-state index contributed by atoms with van der Waals surface area (Å²) in [7, 11) is -1.24. The molecule has 4 atom stereocenters. The van der Waals surface area contributed by atoms with Gasteiger partial charge in [0.25, 0.3) is 0 Å². The molecule has 3 saturated heterocycles. The van der Waals surface area contributed by atoms with E-state index >= 15 is 0 Å². The van der Waals surface area contributed by atoms with Gasteiger partial charge in [-0.3, -0.25) is 4.57 Å². The predicted molar refractivity (Wildman–Crippen MR) is 161 cm³/mol. The number of hydrogen-bond donors (Lipinski definition) is 1. The molecule has 1 aromatic carbocycles. The highest BCUT2D eigenvalue weighted by atomic mass is 35.5. The fourth-order valence-corrected chi connectivity index (χ4v) is 7.70. The highest BCUT2D eigenvalue weighted by molar-refractivity contribution is 7.99. The van der Waals surface area contributed by atoms with Crippen LogP contribution >= 0.6 is 23.4 Å². The van der Waals surface area contributed by atoms with Crippen molar-refractivity contribution in [3.8, 4) is 17.3 Å². The number of aliphatic hydroxyl groups excluding tert-OH is 1. The lowest BCUT2D eigenvalue weighted by atomic mass is 9.92. The van der Waals surface area contributed by atoms with E-state index in [4.69, 9.17) is 40.5 Å². The number of thioether (sulfide) groups is 1. The molecular formula is C29H38ClN3O5SSi. The van der Waals surface area contributed by atoms with Crippen LogP contribution in [0.1, 0.15) is 24.3 Å². The lowest BCUT2D eigenvalue weighted by Gasteiger charge is -2.21. The number of benzene rings is 1. The Hall–Kier alpha value is -1.66. The van der Waals surface area contributed by atoms with E-state index < -0.39 is 14.2 Å². The lowest BCUT2D eigenvalue weighted by molar-refractivity contribution is 0.00339. The second-order valence-corrected chi connectivity index (χ2v) is 19.4. The molecule has 216 valence electrons. The van der Waals surface area contributed by atoms with Crippen LogP contribution < -0.4 is 4.74 Å². The molecule has 11 heteroatoms. The molecule has 3 aliphatic rings. The monoisotopic (exact) mass is 603 g/mol. The highest BCUT2D eigenvalue weighted by Crippen LogP contribution is 2.36. The van der Waals surface area contributed by atoms with E-state index in [1.807, 2.05) is 22.4 Å². The molecule has 3 aromatic rings. The zero-order chi connectivity index (χ0) is 27.9. The van der Waals surface area contributed by atoms with Gasteiger partial charge < -0.3 is 24.1 Å². The maximum absolute atomic E-state index is 10.2. The quantitative estimate of drug-likeness (QED) is 0.250. The minimum Gasteiger partial charge on any atom is -0.456 e. The number of nitrogens with zero attached hydrogens (tertiary/aromatic N) is 3. The fraction of sp³-hybridized carbons (Fsp3) is 0.586. The summed E-state index contributed by atoms with van der Waals surface area (Å²) in [6, 6.07) is 12.0. The Labute approximate surface area is 245 Å². The zero-order valence-electron chi connectivity index (χ0n) is 23.3. The van der Waals surface area contributed by atoms with E-state index in [1.54, 1.807) is 0 Å². The number of halogens is 1. The average Bonchev–Trinajstić information content (AvgIpc) is 3.61. The Balaban J connectivity index is 1.28. The summed E-state index contributed by atoms with van der Waals surface area (Å²) in [4.78, 5) is 9.67. The number of pyridine rings is 1. The Morgan fingerprint density at radius 2 is 1.82 bits per heavy atom. The average molecular weight is 604 g/mol. The number of fused-ring (bicyclic) bond motifs is 2. The second kappa shape index (κ2) is 11.9. The third-order valence-electron chi connectivity index (χ3n) is 7.99. The number of aromatic nitrogens is 3. The van der Waals surface area contributed by atoms with Gasteiger partial charge in [0.2, 0.25) is 0 Å². The van der Waals surface area contributed by atoms with Crippen molar-refractivity contribution in [2.24, 2.45) is 0 Å². The van der Waals surface area contributed by atoms with Crippen LogP contribution in [0.25, 0.3) is 22.4 Å². The van der Waals surface area contributed by atoms with Gasteiger partial charge in [-0.05, 0) is 47.9 Å². The summed E-state index contributed by atoms with van der Waals surface area (Å²) in [6.45, 7) is 8.48. The summed E-state index contributed by atoms with van der Waals surface area (Å²) < 4.78 is 25.9. The van der Waals surface area contributed by atoms with Crippen molar-refractivity contribution in [1.82, 2.24) is 14.5 Å². The van der Waals surface area contributed by atoms with E-state index in [1.165, 1.54) is 29.9 Å².